The Bertz CT molecular complexity index is 732. The average Bonchev–Trinajstić information content (AvgIpc) is 2.53. The van der Waals surface area contributed by atoms with Crippen LogP contribution in [0.4, 0.5) is 0 Å². The van der Waals surface area contributed by atoms with Crippen molar-refractivity contribution in [3.8, 4) is 0 Å². The van der Waals surface area contributed by atoms with Crippen LogP contribution in [0.5, 0.6) is 0 Å². The van der Waals surface area contributed by atoms with E-state index in [0.717, 1.165) is 17.1 Å². The van der Waals surface area contributed by atoms with Gasteiger partial charge in [-0.2, -0.15) is 0 Å². The molecule has 1 aromatic heterocycles. The van der Waals surface area contributed by atoms with Gasteiger partial charge in [-0.3, -0.25) is 4.98 Å². The molecule has 0 radical (unpaired) electrons. The summed E-state index contributed by atoms with van der Waals surface area (Å²) in [6.45, 7) is 3.01. The molecule has 1 unspecified atom stereocenters. The number of pyridine rings is 1. The molecule has 1 heterocycles. The molecule has 1 N–H and O–H groups in total. The maximum atomic E-state index is 6.00. The van der Waals surface area contributed by atoms with Gasteiger partial charge in [0.1, 0.15) is 0 Å². The molecule has 0 saturated carbocycles. The van der Waals surface area contributed by atoms with Crippen molar-refractivity contribution in [1.29, 1.82) is 0 Å². The zero-order valence-corrected chi connectivity index (χ0v) is 12.6. The average molecular weight is 297 g/mol. The molecule has 3 rings (SSSR count). The van der Waals surface area contributed by atoms with Crippen molar-refractivity contribution < 1.29 is 0 Å². The lowest BCUT2D eigenvalue weighted by Crippen LogP contribution is -2.22. The van der Waals surface area contributed by atoms with Crippen LogP contribution in [0.3, 0.4) is 0 Å². The fourth-order valence-corrected chi connectivity index (χ4v) is 2.77. The molecular weight excluding hydrogens is 280 g/mol. The number of hydrogen-bond donors (Lipinski definition) is 1. The van der Waals surface area contributed by atoms with E-state index in [2.05, 4.69) is 47.6 Å². The molecule has 0 bridgehead atoms. The summed E-state index contributed by atoms with van der Waals surface area (Å²) in [5.41, 5.74) is 3.47. The molecule has 0 aliphatic heterocycles. The van der Waals surface area contributed by atoms with E-state index < -0.39 is 0 Å². The lowest BCUT2D eigenvalue weighted by Gasteiger charge is -2.20. The first kappa shape index (κ1) is 14.1. The van der Waals surface area contributed by atoms with E-state index in [9.17, 15) is 0 Å². The van der Waals surface area contributed by atoms with Crippen molar-refractivity contribution in [2.45, 2.75) is 13.0 Å². The third-order valence-corrected chi connectivity index (χ3v) is 3.85. The minimum absolute atomic E-state index is 0.139. The summed E-state index contributed by atoms with van der Waals surface area (Å²) in [5.74, 6) is 0. The predicted molar refractivity (Wildman–Crippen MR) is 88.7 cm³/mol. The van der Waals surface area contributed by atoms with Gasteiger partial charge in [0.2, 0.25) is 0 Å². The van der Waals surface area contributed by atoms with E-state index in [1.165, 1.54) is 16.5 Å². The number of nitrogens with one attached hydrogen (secondary N) is 1. The number of benzene rings is 2. The molecule has 0 aliphatic carbocycles. The van der Waals surface area contributed by atoms with Gasteiger partial charge in [0.15, 0.2) is 0 Å². The number of nitrogens with zero attached hydrogens (tertiary/aromatic N) is 1. The lowest BCUT2D eigenvalue weighted by molar-refractivity contribution is 0.634. The Balaban J connectivity index is 2.13. The molecule has 0 amide bonds. The first-order chi connectivity index (χ1) is 10.3. The van der Waals surface area contributed by atoms with E-state index >= 15 is 0 Å². The largest absolute Gasteiger partial charge is 0.307 e. The van der Waals surface area contributed by atoms with Crippen molar-refractivity contribution in [1.82, 2.24) is 10.3 Å². The minimum atomic E-state index is 0.139. The number of fused-ring (bicyclic) bond motifs is 1. The number of aromatic nitrogens is 1. The van der Waals surface area contributed by atoms with Crippen molar-refractivity contribution in [2.75, 3.05) is 6.54 Å². The van der Waals surface area contributed by atoms with Gasteiger partial charge in [-0.25, -0.2) is 0 Å². The Hall–Kier alpha value is -1.90. The second-order valence-electron chi connectivity index (χ2n) is 4.96. The van der Waals surface area contributed by atoms with Gasteiger partial charge in [0.25, 0.3) is 0 Å². The first-order valence-electron chi connectivity index (χ1n) is 7.12. The van der Waals surface area contributed by atoms with Crippen molar-refractivity contribution >= 4 is 22.5 Å². The zero-order valence-electron chi connectivity index (χ0n) is 11.9. The Morgan fingerprint density at radius 3 is 2.62 bits per heavy atom. The summed E-state index contributed by atoms with van der Waals surface area (Å²) >= 11 is 6.00. The van der Waals surface area contributed by atoms with Crippen LogP contribution in [0.15, 0.2) is 60.8 Å². The van der Waals surface area contributed by atoms with Gasteiger partial charge in [-0.1, -0.05) is 48.9 Å². The molecule has 1 atom stereocenters. The molecule has 0 saturated heterocycles. The van der Waals surface area contributed by atoms with Crippen LogP contribution in [0.25, 0.3) is 10.9 Å². The molecule has 2 aromatic carbocycles. The quantitative estimate of drug-likeness (QED) is 0.762. The Kier molecular flexibility index (Phi) is 4.18. The summed E-state index contributed by atoms with van der Waals surface area (Å²) in [5, 5.41) is 5.50. The molecular formula is C18H17ClN2. The second-order valence-corrected chi connectivity index (χ2v) is 5.40. The van der Waals surface area contributed by atoms with Crippen LogP contribution in [0.2, 0.25) is 5.02 Å². The van der Waals surface area contributed by atoms with Gasteiger partial charge >= 0.3 is 0 Å². The standard InChI is InChI=1S/C18H17ClN2/c1-2-20-18(13-8-10-14(19)11-9-13)16-5-3-7-17-15(16)6-4-12-21-17/h3-12,18,20H,2H2,1H3. The topological polar surface area (TPSA) is 24.9 Å². The van der Waals surface area contributed by atoms with Crippen LogP contribution in [-0.2, 0) is 0 Å². The molecule has 106 valence electrons. The highest BCUT2D eigenvalue weighted by molar-refractivity contribution is 6.30. The van der Waals surface area contributed by atoms with E-state index in [1.54, 1.807) is 0 Å². The fourth-order valence-electron chi connectivity index (χ4n) is 2.65. The van der Waals surface area contributed by atoms with Gasteiger partial charge in [-0.05, 0) is 41.9 Å². The van der Waals surface area contributed by atoms with Crippen molar-refractivity contribution in [3.63, 3.8) is 0 Å². The predicted octanol–water partition coefficient (Wildman–Crippen LogP) is 4.59. The first-order valence-corrected chi connectivity index (χ1v) is 7.50. The molecule has 0 spiro atoms. The molecule has 3 aromatic rings. The molecule has 0 aliphatic rings. The highest BCUT2D eigenvalue weighted by atomic mass is 35.5. The summed E-state index contributed by atoms with van der Waals surface area (Å²) in [6, 6.07) is 18.5. The minimum Gasteiger partial charge on any atom is -0.307 e. The summed E-state index contributed by atoms with van der Waals surface area (Å²) in [6.07, 6.45) is 1.83. The van der Waals surface area contributed by atoms with E-state index in [0.29, 0.717) is 0 Å². The van der Waals surface area contributed by atoms with Crippen LogP contribution in [-0.4, -0.2) is 11.5 Å². The summed E-state index contributed by atoms with van der Waals surface area (Å²) in [4.78, 5) is 4.44. The lowest BCUT2D eigenvalue weighted by atomic mass is 9.95. The van der Waals surface area contributed by atoms with Gasteiger partial charge in [0.05, 0.1) is 11.6 Å². The number of hydrogen-bond acceptors (Lipinski definition) is 2. The van der Waals surface area contributed by atoms with Crippen molar-refractivity contribution in [2.24, 2.45) is 0 Å². The van der Waals surface area contributed by atoms with E-state index in [-0.39, 0.29) is 6.04 Å². The van der Waals surface area contributed by atoms with Crippen LogP contribution < -0.4 is 5.32 Å². The highest BCUT2D eigenvalue weighted by Crippen LogP contribution is 2.28. The van der Waals surface area contributed by atoms with Crippen molar-refractivity contribution in [3.05, 3.63) is 76.9 Å². The van der Waals surface area contributed by atoms with E-state index in [4.69, 9.17) is 11.6 Å². The van der Waals surface area contributed by atoms with Gasteiger partial charge < -0.3 is 5.32 Å². The summed E-state index contributed by atoms with van der Waals surface area (Å²) in [7, 11) is 0. The monoisotopic (exact) mass is 296 g/mol. The molecule has 3 heteroatoms. The fraction of sp³-hybridized carbons (Fsp3) is 0.167. The molecule has 21 heavy (non-hydrogen) atoms. The third-order valence-electron chi connectivity index (χ3n) is 3.60. The highest BCUT2D eigenvalue weighted by Gasteiger charge is 2.15. The van der Waals surface area contributed by atoms with Crippen LogP contribution in [0.1, 0.15) is 24.1 Å². The Morgan fingerprint density at radius 1 is 1.05 bits per heavy atom. The van der Waals surface area contributed by atoms with Crippen LogP contribution in [0, 0.1) is 0 Å². The third kappa shape index (κ3) is 2.92. The maximum Gasteiger partial charge on any atom is 0.0705 e. The van der Waals surface area contributed by atoms with Crippen LogP contribution >= 0.6 is 11.6 Å². The zero-order chi connectivity index (χ0) is 14.7. The Labute approximate surface area is 129 Å². The van der Waals surface area contributed by atoms with Gasteiger partial charge in [0, 0.05) is 16.6 Å². The number of halogens is 1. The summed E-state index contributed by atoms with van der Waals surface area (Å²) < 4.78 is 0. The molecule has 0 fully saturated rings. The second kappa shape index (κ2) is 6.25. The molecule has 2 nitrogen and oxygen atoms in total. The number of rotatable bonds is 4. The normalized spacial score (nSPS) is 12.5. The van der Waals surface area contributed by atoms with Gasteiger partial charge in [-0.15, -0.1) is 0 Å². The van der Waals surface area contributed by atoms with E-state index in [1.807, 2.05) is 30.5 Å². The smallest absolute Gasteiger partial charge is 0.0705 e. The Morgan fingerprint density at radius 2 is 1.86 bits per heavy atom. The maximum absolute atomic E-state index is 6.00. The SMILES string of the molecule is CCNC(c1ccc(Cl)cc1)c1cccc2ncccc12.